The van der Waals surface area contributed by atoms with Crippen LogP contribution in [0.25, 0.3) is 0 Å². The maximum Gasteiger partial charge on any atom is 0.307 e. The summed E-state index contributed by atoms with van der Waals surface area (Å²) in [6.45, 7) is 6.27. The van der Waals surface area contributed by atoms with Crippen molar-refractivity contribution in [1.29, 1.82) is 0 Å². The molecule has 0 unspecified atom stereocenters. The van der Waals surface area contributed by atoms with Crippen molar-refractivity contribution in [2.24, 2.45) is 0 Å². The van der Waals surface area contributed by atoms with E-state index in [4.69, 9.17) is 5.11 Å². The Bertz CT molecular complexity index is 334. The van der Waals surface area contributed by atoms with E-state index in [0.717, 1.165) is 11.1 Å². The zero-order chi connectivity index (χ0) is 10.8. The van der Waals surface area contributed by atoms with Crippen molar-refractivity contribution in [3.05, 3.63) is 35.4 Å². The van der Waals surface area contributed by atoms with Crippen LogP contribution in [-0.2, 0) is 16.6 Å². The van der Waals surface area contributed by atoms with Crippen molar-refractivity contribution in [2.75, 3.05) is 0 Å². The number of rotatable bonds is 2. The fourth-order valence-corrected chi connectivity index (χ4v) is 1.57. The van der Waals surface area contributed by atoms with Gasteiger partial charge < -0.3 is 5.11 Å². The van der Waals surface area contributed by atoms with Crippen LogP contribution in [0.15, 0.2) is 24.3 Å². The average Bonchev–Trinajstić information content (AvgIpc) is 2.01. The molecule has 14 heavy (non-hydrogen) atoms. The third-order valence-electron chi connectivity index (χ3n) is 2.17. The van der Waals surface area contributed by atoms with E-state index < -0.39 is 5.97 Å². The van der Waals surface area contributed by atoms with Gasteiger partial charge in [-0.25, -0.2) is 0 Å². The SMILES string of the molecule is CC(C)(C)c1ccccc1CC(=O)O. The van der Waals surface area contributed by atoms with E-state index in [0.29, 0.717) is 0 Å². The number of benzene rings is 1. The van der Waals surface area contributed by atoms with Gasteiger partial charge in [0, 0.05) is 0 Å². The highest BCUT2D eigenvalue weighted by molar-refractivity contribution is 5.71. The lowest BCUT2D eigenvalue weighted by Crippen LogP contribution is -2.15. The number of carbonyl (C=O) groups is 1. The number of carboxylic acid groups (broad SMARTS) is 1. The molecule has 0 aromatic heterocycles. The van der Waals surface area contributed by atoms with Crippen molar-refractivity contribution >= 4 is 5.97 Å². The summed E-state index contributed by atoms with van der Waals surface area (Å²) in [6.07, 6.45) is 0.105. The molecule has 1 aromatic rings. The van der Waals surface area contributed by atoms with Crippen LogP contribution in [-0.4, -0.2) is 11.1 Å². The van der Waals surface area contributed by atoms with Crippen LogP contribution in [0.3, 0.4) is 0 Å². The zero-order valence-electron chi connectivity index (χ0n) is 8.87. The van der Waals surface area contributed by atoms with Crippen LogP contribution in [0.4, 0.5) is 0 Å². The molecule has 0 aliphatic heterocycles. The van der Waals surface area contributed by atoms with Gasteiger partial charge in [0.15, 0.2) is 0 Å². The summed E-state index contributed by atoms with van der Waals surface area (Å²) in [4.78, 5) is 10.6. The summed E-state index contributed by atoms with van der Waals surface area (Å²) in [5.74, 6) is -0.776. The molecular weight excluding hydrogens is 176 g/mol. The second-order valence-corrected chi connectivity index (χ2v) is 4.48. The molecule has 1 N–H and O–H groups in total. The molecule has 0 spiro atoms. The van der Waals surface area contributed by atoms with Crippen LogP contribution < -0.4 is 0 Å². The van der Waals surface area contributed by atoms with Crippen LogP contribution in [0.1, 0.15) is 31.9 Å². The summed E-state index contributed by atoms with van der Waals surface area (Å²) in [6, 6.07) is 7.71. The summed E-state index contributed by atoms with van der Waals surface area (Å²) in [7, 11) is 0. The van der Waals surface area contributed by atoms with Gasteiger partial charge in [0.2, 0.25) is 0 Å². The summed E-state index contributed by atoms with van der Waals surface area (Å²) in [5, 5.41) is 8.76. The number of aliphatic carboxylic acids is 1. The van der Waals surface area contributed by atoms with E-state index in [1.807, 2.05) is 24.3 Å². The Morgan fingerprint density at radius 2 is 1.86 bits per heavy atom. The van der Waals surface area contributed by atoms with E-state index in [1.165, 1.54) is 0 Å². The minimum Gasteiger partial charge on any atom is -0.481 e. The highest BCUT2D eigenvalue weighted by Gasteiger charge is 2.18. The first-order chi connectivity index (χ1) is 6.41. The fourth-order valence-electron chi connectivity index (χ4n) is 1.57. The van der Waals surface area contributed by atoms with Crippen molar-refractivity contribution < 1.29 is 9.90 Å². The predicted octanol–water partition coefficient (Wildman–Crippen LogP) is 2.61. The molecule has 2 heteroatoms. The first-order valence-corrected chi connectivity index (χ1v) is 4.71. The molecule has 0 aliphatic carbocycles. The lowest BCUT2D eigenvalue weighted by molar-refractivity contribution is -0.136. The van der Waals surface area contributed by atoms with E-state index in [-0.39, 0.29) is 11.8 Å². The van der Waals surface area contributed by atoms with Gasteiger partial charge in [-0.2, -0.15) is 0 Å². The first-order valence-electron chi connectivity index (χ1n) is 4.71. The Morgan fingerprint density at radius 3 is 2.36 bits per heavy atom. The molecule has 0 heterocycles. The monoisotopic (exact) mass is 192 g/mol. The van der Waals surface area contributed by atoms with E-state index in [9.17, 15) is 4.79 Å². The molecule has 1 rings (SSSR count). The lowest BCUT2D eigenvalue weighted by atomic mass is 9.83. The molecular formula is C12H16O2. The molecule has 0 atom stereocenters. The van der Waals surface area contributed by atoms with Gasteiger partial charge >= 0.3 is 5.97 Å². The van der Waals surface area contributed by atoms with Gasteiger partial charge in [-0.3, -0.25) is 4.79 Å². The topological polar surface area (TPSA) is 37.3 Å². The molecule has 0 saturated carbocycles. The molecule has 0 radical (unpaired) electrons. The van der Waals surface area contributed by atoms with Gasteiger partial charge in [-0.15, -0.1) is 0 Å². The Balaban J connectivity index is 3.10. The third-order valence-corrected chi connectivity index (χ3v) is 2.17. The molecule has 0 bridgehead atoms. The number of hydrogen-bond acceptors (Lipinski definition) is 1. The second-order valence-electron chi connectivity index (χ2n) is 4.48. The normalized spacial score (nSPS) is 11.4. The van der Waals surface area contributed by atoms with E-state index >= 15 is 0 Å². The van der Waals surface area contributed by atoms with Crippen molar-refractivity contribution in [3.8, 4) is 0 Å². The Kier molecular flexibility index (Phi) is 2.94. The van der Waals surface area contributed by atoms with Crippen LogP contribution in [0, 0.1) is 0 Å². The average molecular weight is 192 g/mol. The van der Waals surface area contributed by atoms with Crippen molar-refractivity contribution in [3.63, 3.8) is 0 Å². The second kappa shape index (κ2) is 3.82. The number of carboxylic acids is 1. The molecule has 0 aliphatic rings. The van der Waals surface area contributed by atoms with Gasteiger partial charge in [0.1, 0.15) is 0 Å². The van der Waals surface area contributed by atoms with Crippen LogP contribution in [0.5, 0.6) is 0 Å². The third kappa shape index (κ3) is 2.59. The predicted molar refractivity (Wildman–Crippen MR) is 56.5 cm³/mol. The van der Waals surface area contributed by atoms with Gasteiger partial charge in [-0.05, 0) is 16.5 Å². The van der Waals surface area contributed by atoms with Gasteiger partial charge in [0.25, 0.3) is 0 Å². The zero-order valence-corrected chi connectivity index (χ0v) is 8.87. The molecule has 76 valence electrons. The maximum atomic E-state index is 10.6. The van der Waals surface area contributed by atoms with Crippen molar-refractivity contribution in [1.82, 2.24) is 0 Å². The van der Waals surface area contributed by atoms with Gasteiger partial charge in [0.05, 0.1) is 6.42 Å². The largest absolute Gasteiger partial charge is 0.481 e. The summed E-state index contributed by atoms with van der Waals surface area (Å²) < 4.78 is 0. The number of hydrogen-bond donors (Lipinski definition) is 1. The van der Waals surface area contributed by atoms with Crippen LogP contribution >= 0.6 is 0 Å². The maximum absolute atomic E-state index is 10.6. The highest BCUT2D eigenvalue weighted by Crippen LogP contribution is 2.25. The van der Waals surface area contributed by atoms with Gasteiger partial charge in [-0.1, -0.05) is 45.0 Å². The fraction of sp³-hybridized carbons (Fsp3) is 0.417. The molecule has 0 fully saturated rings. The summed E-state index contributed by atoms with van der Waals surface area (Å²) >= 11 is 0. The van der Waals surface area contributed by atoms with E-state index in [1.54, 1.807) is 0 Å². The highest BCUT2D eigenvalue weighted by atomic mass is 16.4. The Hall–Kier alpha value is -1.31. The molecule has 1 aromatic carbocycles. The standard InChI is InChI=1S/C12H16O2/c1-12(2,3)10-7-5-4-6-9(10)8-11(13)14/h4-7H,8H2,1-3H3,(H,13,14). The molecule has 0 amide bonds. The van der Waals surface area contributed by atoms with E-state index in [2.05, 4.69) is 20.8 Å². The summed E-state index contributed by atoms with van der Waals surface area (Å²) in [5.41, 5.74) is 2.03. The minimum atomic E-state index is -0.776. The molecule has 2 nitrogen and oxygen atoms in total. The first kappa shape index (κ1) is 10.8. The lowest BCUT2D eigenvalue weighted by Gasteiger charge is -2.22. The molecule has 0 saturated heterocycles. The van der Waals surface area contributed by atoms with Crippen LogP contribution in [0.2, 0.25) is 0 Å². The quantitative estimate of drug-likeness (QED) is 0.782. The Morgan fingerprint density at radius 1 is 1.29 bits per heavy atom. The smallest absolute Gasteiger partial charge is 0.307 e. The minimum absolute atomic E-state index is 0.00600. The Labute approximate surface area is 84.6 Å². The van der Waals surface area contributed by atoms with Crippen molar-refractivity contribution in [2.45, 2.75) is 32.6 Å².